The second-order valence-corrected chi connectivity index (χ2v) is 22.8. The summed E-state index contributed by atoms with van der Waals surface area (Å²) in [6.45, 7) is 30.4. The summed E-state index contributed by atoms with van der Waals surface area (Å²) in [4.78, 5) is 64.9. The van der Waals surface area contributed by atoms with Crippen LogP contribution in [0.1, 0.15) is 135 Å². The third-order valence-electron chi connectivity index (χ3n) is 13.4. The summed E-state index contributed by atoms with van der Waals surface area (Å²) < 4.78 is 33.7. The van der Waals surface area contributed by atoms with Gasteiger partial charge in [-0.2, -0.15) is 0 Å². The third-order valence-corrected chi connectivity index (χ3v) is 13.4. The molecule has 3 saturated carbocycles. The zero-order valence-corrected chi connectivity index (χ0v) is 45.1. The molecular formula is C57H80N6O11. The SMILES string of the molecule is C=C.C=C[C@H]1C[C@@H]1c1cncc(OC[C@@H]2CCN2C(=O)OC(C)(C)C)c1.CC(C)(C)OC(=O)N1CC[C@H]1COc1cncc([C@H]2C[C@@H]2C=O)c1.CC(C)(C)OC(=O)N1CC[C@H]1COc1cncc([C@H]2C[C@@H]2CO)c1. The standard InChI is InChI=1S/C19H26N2O3.C18H26N2O4.C18H24N2O4.C2H4/c1-5-13-9-17(13)14-8-16(11-20-10-14)23-12-15-6-7-21(15)18(22)24-19(2,3)4;2*1-18(2,3)24-17(22)20-5-4-14(20)11-23-15-6-12(8-19-9-15)16-7-13(16)10-21;1-2/h5,8,10-11,13,15,17H,1,6-7,9,12H2,2-4H3;6,8-9,13-14,16,21H,4-5,7,10-11H2,1-3H3;6,8-10,13-14,16H,4-5,7,11H2,1-3H3;1-2H2/t13-,15-,17-;2*13-,14+,16-;/m011./s1. The lowest BCUT2D eigenvalue weighted by Gasteiger charge is -2.41. The zero-order valence-electron chi connectivity index (χ0n) is 45.1. The number of carbonyl (C=O) groups excluding carboxylic acids is 4. The molecule has 0 unspecified atom stereocenters. The minimum absolute atomic E-state index is 0.0344. The Balaban J connectivity index is 0.000000178. The maximum atomic E-state index is 12.1. The number of likely N-dealkylation sites (tertiary alicyclic amines) is 3. The highest BCUT2D eigenvalue weighted by atomic mass is 16.6. The van der Waals surface area contributed by atoms with E-state index in [2.05, 4.69) is 40.8 Å². The first-order valence-electron chi connectivity index (χ1n) is 26.0. The van der Waals surface area contributed by atoms with E-state index in [1.165, 1.54) is 5.56 Å². The van der Waals surface area contributed by atoms with Gasteiger partial charge in [0.05, 0.1) is 36.7 Å². The van der Waals surface area contributed by atoms with Gasteiger partial charge in [-0.15, -0.1) is 19.7 Å². The Labute approximate surface area is 438 Å². The molecule has 3 saturated heterocycles. The number of pyridine rings is 3. The van der Waals surface area contributed by atoms with E-state index < -0.39 is 16.8 Å². The first kappa shape index (κ1) is 57.1. The van der Waals surface area contributed by atoms with E-state index in [1.54, 1.807) is 39.5 Å². The first-order chi connectivity index (χ1) is 35.1. The molecule has 0 aromatic carbocycles. The van der Waals surface area contributed by atoms with Gasteiger partial charge < -0.3 is 53.0 Å². The van der Waals surface area contributed by atoms with Gasteiger partial charge in [-0.25, -0.2) is 14.4 Å². The highest BCUT2D eigenvalue weighted by Crippen LogP contribution is 2.49. The van der Waals surface area contributed by atoms with Crippen molar-refractivity contribution in [3.63, 3.8) is 0 Å². The van der Waals surface area contributed by atoms with E-state index >= 15 is 0 Å². The summed E-state index contributed by atoms with van der Waals surface area (Å²) in [5, 5.41) is 9.18. The van der Waals surface area contributed by atoms with Crippen molar-refractivity contribution in [2.45, 2.75) is 154 Å². The van der Waals surface area contributed by atoms with E-state index in [0.717, 1.165) is 68.2 Å². The lowest BCUT2D eigenvalue weighted by Crippen LogP contribution is -2.55. The van der Waals surface area contributed by atoms with Gasteiger partial charge in [-0.05, 0) is 165 Å². The number of hydrogen-bond donors (Lipinski definition) is 1. The van der Waals surface area contributed by atoms with Crippen LogP contribution in [0.25, 0.3) is 0 Å². The van der Waals surface area contributed by atoms with Gasteiger partial charge in [-0.3, -0.25) is 15.0 Å². The van der Waals surface area contributed by atoms with Crippen LogP contribution in [0.4, 0.5) is 14.4 Å². The summed E-state index contributed by atoms with van der Waals surface area (Å²) in [7, 11) is 0. The number of ether oxygens (including phenoxy) is 6. The van der Waals surface area contributed by atoms with Crippen LogP contribution in [0, 0.1) is 17.8 Å². The number of aliphatic hydroxyl groups excluding tert-OH is 1. The number of rotatable bonds is 15. The predicted octanol–water partition coefficient (Wildman–Crippen LogP) is 9.90. The number of nitrogens with zero attached hydrogens (tertiary/aromatic N) is 6. The first-order valence-corrected chi connectivity index (χ1v) is 26.0. The van der Waals surface area contributed by atoms with Crippen LogP contribution < -0.4 is 14.2 Å². The average molecular weight is 1030 g/mol. The summed E-state index contributed by atoms with van der Waals surface area (Å²) >= 11 is 0. The summed E-state index contributed by atoms with van der Waals surface area (Å²) in [5.41, 5.74) is 1.92. The number of amides is 3. The normalized spacial score (nSPS) is 25.1. The molecule has 6 fully saturated rings. The van der Waals surface area contributed by atoms with Crippen LogP contribution in [0.2, 0.25) is 0 Å². The van der Waals surface area contributed by atoms with Crippen LogP contribution in [0.3, 0.4) is 0 Å². The maximum absolute atomic E-state index is 12.1. The van der Waals surface area contributed by atoms with Crippen LogP contribution in [0.15, 0.2) is 81.2 Å². The third kappa shape index (κ3) is 16.6. The molecule has 3 aliphatic carbocycles. The van der Waals surface area contributed by atoms with E-state index in [0.29, 0.717) is 68.1 Å². The number of allylic oxidation sites excluding steroid dienone is 1. The highest BCUT2D eigenvalue weighted by Gasteiger charge is 2.41. The zero-order chi connectivity index (χ0) is 54.0. The second kappa shape index (κ2) is 24.9. The molecule has 1 N–H and O–H groups in total. The van der Waals surface area contributed by atoms with Crippen molar-refractivity contribution in [2.75, 3.05) is 46.1 Å². The molecule has 9 atom stereocenters. The van der Waals surface area contributed by atoms with Crippen LogP contribution in [-0.4, -0.2) is 140 Å². The monoisotopic (exact) mass is 1020 g/mol. The molecule has 6 aliphatic rings. The van der Waals surface area contributed by atoms with Crippen molar-refractivity contribution in [3.8, 4) is 17.2 Å². The van der Waals surface area contributed by atoms with Crippen LogP contribution >= 0.6 is 0 Å². The Kier molecular flexibility index (Phi) is 19.2. The van der Waals surface area contributed by atoms with E-state index in [4.69, 9.17) is 28.4 Å². The Morgan fingerprint density at radius 1 is 0.568 bits per heavy atom. The summed E-state index contributed by atoms with van der Waals surface area (Å²) in [6.07, 6.45) is 18.6. The fourth-order valence-corrected chi connectivity index (χ4v) is 8.72. The van der Waals surface area contributed by atoms with Gasteiger partial charge in [0.1, 0.15) is 60.2 Å². The van der Waals surface area contributed by atoms with E-state index in [-0.39, 0.29) is 54.8 Å². The molecule has 404 valence electrons. The molecule has 0 radical (unpaired) electrons. The average Bonchev–Trinajstić information content (AvgIpc) is 4.19. The maximum Gasteiger partial charge on any atom is 0.410 e. The Morgan fingerprint density at radius 2 is 0.905 bits per heavy atom. The Morgan fingerprint density at radius 3 is 1.16 bits per heavy atom. The molecule has 3 amide bonds. The fourth-order valence-electron chi connectivity index (χ4n) is 8.72. The van der Waals surface area contributed by atoms with Gasteiger partial charge in [0.2, 0.25) is 0 Å². The van der Waals surface area contributed by atoms with Crippen molar-refractivity contribution in [1.29, 1.82) is 0 Å². The fraction of sp³-hybridized carbons (Fsp3) is 0.596. The predicted molar refractivity (Wildman–Crippen MR) is 280 cm³/mol. The molecule has 3 aromatic heterocycles. The molecule has 74 heavy (non-hydrogen) atoms. The molecule has 3 aromatic rings. The number of aromatic nitrogens is 3. The van der Waals surface area contributed by atoms with Gasteiger partial charge in [0.25, 0.3) is 0 Å². The number of aliphatic hydroxyl groups is 1. The molecule has 9 rings (SSSR count). The van der Waals surface area contributed by atoms with E-state index in [9.17, 15) is 24.3 Å². The van der Waals surface area contributed by atoms with Gasteiger partial charge in [0.15, 0.2) is 0 Å². The number of carbonyl (C=O) groups is 4. The molecule has 0 spiro atoms. The summed E-state index contributed by atoms with van der Waals surface area (Å²) in [5.74, 6) is 4.41. The largest absolute Gasteiger partial charge is 0.490 e. The smallest absolute Gasteiger partial charge is 0.410 e. The molecule has 0 bridgehead atoms. The Bertz CT molecular complexity index is 2270. The van der Waals surface area contributed by atoms with E-state index in [1.807, 2.05) is 92.9 Å². The molecule has 17 nitrogen and oxygen atoms in total. The minimum Gasteiger partial charge on any atom is -0.490 e. The summed E-state index contributed by atoms with van der Waals surface area (Å²) in [6, 6.07) is 6.14. The van der Waals surface area contributed by atoms with Gasteiger partial charge >= 0.3 is 18.3 Å². The highest BCUT2D eigenvalue weighted by molar-refractivity contribution is 5.70. The Hall–Kier alpha value is -6.23. The van der Waals surface area contributed by atoms with Crippen molar-refractivity contribution in [3.05, 3.63) is 97.9 Å². The molecule has 3 aliphatic heterocycles. The minimum atomic E-state index is -0.490. The number of aldehydes is 1. The van der Waals surface area contributed by atoms with Crippen molar-refractivity contribution >= 4 is 24.6 Å². The van der Waals surface area contributed by atoms with Crippen molar-refractivity contribution in [2.24, 2.45) is 17.8 Å². The van der Waals surface area contributed by atoms with Crippen molar-refractivity contribution < 1.29 is 52.7 Å². The second-order valence-electron chi connectivity index (χ2n) is 22.8. The van der Waals surface area contributed by atoms with Crippen LogP contribution in [0.5, 0.6) is 17.2 Å². The number of hydrogen-bond acceptors (Lipinski definition) is 14. The quantitative estimate of drug-likeness (QED) is 0.0859. The van der Waals surface area contributed by atoms with Gasteiger partial charge in [0, 0.05) is 50.7 Å². The van der Waals surface area contributed by atoms with Gasteiger partial charge in [-0.1, -0.05) is 6.08 Å². The molecule has 6 heterocycles. The lowest BCUT2D eigenvalue weighted by atomic mass is 10.1. The van der Waals surface area contributed by atoms with Crippen LogP contribution in [-0.2, 0) is 19.0 Å². The van der Waals surface area contributed by atoms with Crippen molar-refractivity contribution in [1.82, 2.24) is 29.7 Å². The lowest BCUT2D eigenvalue weighted by molar-refractivity contribution is -0.108. The molecular weight excluding hydrogens is 945 g/mol. The molecule has 17 heteroatoms. The topological polar surface area (TPSA) is 192 Å².